The minimum absolute atomic E-state index is 0.510. The van der Waals surface area contributed by atoms with Crippen molar-refractivity contribution in [2.75, 3.05) is 39.5 Å². The zero-order valence-corrected chi connectivity index (χ0v) is 12.1. The van der Waals surface area contributed by atoms with Gasteiger partial charge in [0, 0.05) is 37.7 Å². The quantitative estimate of drug-likeness (QED) is 0.814. The van der Waals surface area contributed by atoms with E-state index in [9.17, 15) is 0 Å². The van der Waals surface area contributed by atoms with E-state index in [2.05, 4.69) is 17.1 Å². The Bertz CT molecular complexity index is 279. The van der Waals surface area contributed by atoms with Crippen molar-refractivity contribution in [2.45, 2.75) is 50.8 Å². The molecule has 4 heteroatoms. The van der Waals surface area contributed by atoms with Crippen LogP contribution >= 0.6 is 0 Å². The number of fused-ring (bicyclic) bond motifs is 1. The molecular formula is C15H28N2O2. The fourth-order valence-corrected chi connectivity index (χ4v) is 4.00. The monoisotopic (exact) mass is 268 g/mol. The van der Waals surface area contributed by atoms with Gasteiger partial charge in [0.15, 0.2) is 0 Å². The Hall–Kier alpha value is -0.160. The fourth-order valence-electron chi connectivity index (χ4n) is 4.00. The highest BCUT2D eigenvalue weighted by Gasteiger charge is 2.38. The number of nitrogens with one attached hydrogen (secondary N) is 1. The molecule has 4 nitrogen and oxygen atoms in total. The summed E-state index contributed by atoms with van der Waals surface area (Å²) >= 11 is 0. The lowest BCUT2D eigenvalue weighted by Gasteiger charge is -2.40. The van der Waals surface area contributed by atoms with Crippen LogP contribution in [0.3, 0.4) is 0 Å². The summed E-state index contributed by atoms with van der Waals surface area (Å²) in [5.41, 5.74) is 0. The summed E-state index contributed by atoms with van der Waals surface area (Å²) in [6.45, 7) is 8.35. The number of ether oxygens (including phenoxy) is 2. The molecule has 4 atom stereocenters. The molecule has 1 N–H and O–H groups in total. The summed E-state index contributed by atoms with van der Waals surface area (Å²) in [5.74, 6) is 0.697. The molecule has 110 valence electrons. The minimum Gasteiger partial charge on any atom is -0.381 e. The van der Waals surface area contributed by atoms with E-state index in [1.807, 2.05) is 0 Å². The molecule has 2 heterocycles. The van der Waals surface area contributed by atoms with Gasteiger partial charge in [0.1, 0.15) is 0 Å². The predicted octanol–water partition coefficient (Wildman–Crippen LogP) is 1.25. The molecule has 0 radical (unpaired) electrons. The summed E-state index contributed by atoms with van der Waals surface area (Å²) < 4.78 is 11.5. The molecular weight excluding hydrogens is 240 g/mol. The Kier molecular flexibility index (Phi) is 4.74. The second kappa shape index (κ2) is 6.53. The van der Waals surface area contributed by atoms with Crippen LogP contribution in [0, 0.1) is 5.92 Å². The zero-order valence-electron chi connectivity index (χ0n) is 12.1. The first-order valence-corrected chi connectivity index (χ1v) is 8.05. The SMILES string of the molecule is CCNC(CN1CCOC2CCCC21)C1CCOC1. The lowest BCUT2D eigenvalue weighted by Crippen LogP contribution is -2.54. The van der Waals surface area contributed by atoms with Gasteiger partial charge in [0.25, 0.3) is 0 Å². The standard InChI is InChI=1S/C15H28N2O2/c1-2-16-13(12-6-8-18-11-12)10-17-7-9-19-15-5-3-4-14(15)17/h12-16H,2-11H2,1H3. The van der Waals surface area contributed by atoms with Gasteiger partial charge < -0.3 is 14.8 Å². The van der Waals surface area contributed by atoms with Crippen LogP contribution in [0.5, 0.6) is 0 Å². The smallest absolute Gasteiger partial charge is 0.0730 e. The molecule has 2 saturated heterocycles. The van der Waals surface area contributed by atoms with Gasteiger partial charge in [-0.2, -0.15) is 0 Å². The van der Waals surface area contributed by atoms with E-state index in [1.54, 1.807) is 0 Å². The number of morpholine rings is 1. The van der Waals surface area contributed by atoms with Crippen molar-refractivity contribution in [3.63, 3.8) is 0 Å². The maximum absolute atomic E-state index is 5.91. The Morgan fingerprint density at radius 3 is 3.00 bits per heavy atom. The Balaban J connectivity index is 1.60. The van der Waals surface area contributed by atoms with Gasteiger partial charge in [-0.15, -0.1) is 0 Å². The number of likely N-dealkylation sites (N-methyl/N-ethyl adjacent to an activating group) is 1. The van der Waals surface area contributed by atoms with Gasteiger partial charge in [-0.3, -0.25) is 4.90 Å². The van der Waals surface area contributed by atoms with Crippen molar-refractivity contribution in [1.82, 2.24) is 10.2 Å². The van der Waals surface area contributed by atoms with Crippen LogP contribution in [0.4, 0.5) is 0 Å². The molecule has 19 heavy (non-hydrogen) atoms. The molecule has 3 aliphatic rings. The van der Waals surface area contributed by atoms with Crippen molar-refractivity contribution < 1.29 is 9.47 Å². The molecule has 4 unspecified atom stereocenters. The van der Waals surface area contributed by atoms with Gasteiger partial charge in [-0.25, -0.2) is 0 Å². The summed E-state index contributed by atoms with van der Waals surface area (Å²) in [6, 6.07) is 1.27. The topological polar surface area (TPSA) is 33.7 Å². The lowest BCUT2D eigenvalue weighted by atomic mass is 9.97. The Labute approximate surface area is 116 Å². The average Bonchev–Trinajstić information content (AvgIpc) is 3.10. The van der Waals surface area contributed by atoms with Crippen LogP contribution in [-0.2, 0) is 9.47 Å². The van der Waals surface area contributed by atoms with Crippen LogP contribution < -0.4 is 5.32 Å². The van der Waals surface area contributed by atoms with E-state index in [0.717, 1.165) is 32.9 Å². The molecule has 0 bridgehead atoms. The highest BCUT2D eigenvalue weighted by molar-refractivity contribution is 4.92. The first-order chi connectivity index (χ1) is 9.38. The van der Waals surface area contributed by atoms with E-state index in [0.29, 0.717) is 24.1 Å². The first kappa shape index (κ1) is 13.8. The third kappa shape index (κ3) is 3.13. The van der Waals surface area contributed by atoms with Gasteiger partial charge in [0.05, 0.1) is 19.3 Å². The van der Waals surface area contributed by atoms with E-state index in [-0.39, 0.29) is 0 Å². The molecule has 3 fully saturated rings. The van der Waals surface area contributed by atoms with E-state index >= 15 is 0 Å². The third-order valence-corrected chi connectivity index (χ3v) is 5.03. The van der Waals surface area contributed by atoms with Crippen molar-refractivity contribution in [3.8, 4) is 0 Å². The summed E-state index contributed by atoms with van der Waals surface area (Å²) in [6.07, 6.45) is 5.65. The molecule has 0 spiro atoms. The van der Waals surface area contributed by atoms with E-state index < -0.39 is 0 Å². The highest BCUT2D eigenvalue weighted by Crippen LogP contribution is 2.30. The van der Waals surface area contributed by atoms with Crippen LogP contribution in [-0.4, -0.2) is 62.5 Å². The zero-order chi connectivity index (χ0) is 13.1. The van der Waals surface area contributed by atoms with Crippen molar-refractivity contribution in [2.24, 2.45) is 5.92 Å². The molecule has 0 aromatic heterocycles. The number of hydrogen-bond donors (Lipinski definition) is 1. The Morgan fingerprint density at radius 2 is 2.21 bits per heavy atom. The van der Waals surface area contributed by atoms with Gasteiger partial charge in [-0.1, -0.05) is 6.92 Å². The van der Waals surface area contributed by atoms with Crippen molar-refractivity contribution in [1.29, 1.82) is 0 Å². The summed E-state index contributed by atoms with van der Waals surface area (Å²) in [7, 11) is 0. The van der Waals surface area contributed by atoms with E-state index in [4.69, 9.17) is 9.47 Å². The molecule has 0 aromatic rings. The second-order valence-electron chi connectivity index (χ2n) is 6.19. The Morgan fingerprint density at radius 1 is 1.26 bits per heavy atom. The van der Waals surface area contributed by atoms with E-state index in [1.165, 1.54) is 32.2 Å². The molecule has 3 rings (SSSR count). The summed E-state index contributed by atoms with van der Waals surface area (Å²) in [4.78, 5) is 2.69. The van der Waals surface area contributed by atoms with Crippen LogP contribution in [0.25, 0.3) is 0 Å². The van der Waals surface area contributed by atoms with Gasteiger partial charge >= 0.3 is 0 Å². The van der Waals surface area contributed by atoms with Crippen LogP contribution in [0.2, 0.25) is 0 Å². The average molecular weight is 268 g/mol. The number of nitrogens with zero attached hydrogens (tertiary/aromatic N) is 1. The number of hydrogen-bond acceptors (Lipinski definition) is 4. The maximum Gasteiger partial charge on any atom is 0.0730 e. The molecule has 0 aromatic carbocycles. The third-order valence-electron chi connectivity index (χ3n) is 5.03. The van der Waals surface area contributed by atoms with Crippen LogP contribution in [0.1, 0.15) is 32.6 Å². The molecule has 0 amide bonds. The maximum atomic E-state index is 5.91. The molecule has 1 aliphatic carbocycles. The van der Waals surface area contributed by atoms with Crippen molar-refractivity contribution in [3.05, 3.63) is 0 Å². The number of rotatable bonds is 5. The largest absolute Gasteiger partial charge is 0.381 e. The van der Waals surface area contributed by atoms with Crippen LogP contribution in [0.15, 0.2) is 0 Å². The first-order valence-electron chi connectivity index (χ1n) is 8.05. The molecule has 1 saturated carbocycles. The van der Waals surface area contributed by atoms with Crippen molar-refractivity contribution >= 4 is 0 Å². The highest BCUT2D eigenvalue weighted by atomic mass is 16.5. The normalized spacial score (nSPS) is 37.4. The minimum atomic E-state index is 0.510. The van der Waals surface area contributed by atoms with Gasteiger partial charge in [-0.05, 0) is 32.2 Å². The predicted molar refractivity (Wildman–Crippen MR) is 75.3 cm³/mol. The lowest BCUT2D eigenvalue weighted by molar-refractivity contribution is -0.0600. The fraction of sp³-hybridized carbons (Fsp3) is 1.00. The summed E-state index contributed by atoms with van der Waals surface area (Å²) in [5, 5.41) is 3.69. The second-order valence-corrected chi connectivity index (χ2v) is 6.19. The van der Waals surface area contributed by atoms with Gasteiger partial charge in [0.2, 0.25) is 0 Å². The molecule has 2 aliphatic heterocycles.